The van der Waals surface area contributed by atoms with E-state index in [9.17, 15) is 9.90 Å². The van der Waals surface area contributed by atoms with Gasteiger partial charge in [0.15, 0.2) is 0 Å². The van der Waals surface area contributed by atoms with Crippen LogP contribution in [0, 0.1) is 5.92 Å². The Labute approximate surface area is 139 Å². The number of hydrogen-bond acceptors (Lipinski definition) is 3. The Balaban J connectivity index is 2.01. The van der Waals surface area contributed by atoms with Crippen LogP contribution >= 0.6 is 22.9 Å². The van der Waals surface area contributed by atoms with Crippen molar-refractivity contribution >= 4 is 28.9 Å². The Kier molecular flexibility index (Phi) is 6.00. The lowest BCUT2D eigenvalue weighted by molar-refractivity contribution is -0.140. The molecule has 0 saturated carbocycles. The Hall–Kier alpha value is -1.36. The molecular formula is C17H20ClNO2S. The highest BCUT2D eigenvalue weighted by Gasteiger charge is 2.18. The van der Waals surface area contributed by atoms with Crippen LogP contribution in [-0.2, 0) is 11.3 Å². The molecule has 0 aliphatic carbocycles. The fourth-order valence-electron chi connectivity index (χ4n) is 2.24. The standard InChI is InChI=1S/C17H20ClNO2S/c1-11(2)8-15(17(20)21)19-10-14-6-7-16(22-14)12-4-3-5-13(18)9-12/h3-7,9,11,15,19H,8,10H2,1-2H3,(H,20,21). The van der Waals surface area contributed by atoms with Gasteiger partial charge in [0.1, 0.15) is 6.04 Å². The van der Waals surface area contributed by atoms with Gasteiger partial charge in [-0.05, 0) is 42.2 Å². The summed E-state index contributed by atoms with van der Waals surface area (Å²) >= 11 is 7.67. The molecule has 2 rings (SSSR count). The summed E-state index contributed by atoms with van der Waals surface area (Å²) in [6, 6.07) is 11.3. The molecule has 0 aliphatic rings. The normalized spacial score (nSPS) is 12.5. The maximum atomic E-state index is 11.2. The third-order valence-electron chi connectivity index (χ3n) is 3.30. The largest absolute Gasteiger partial charge is 0.480 e. The number of aliphatic carboxylic acids is 1. The van der Waals surface area contributed by atoms with Gasteiger partial charge in [-0.2, -0.15) is 0 Å². The molecule has 2 N–H and O–H groups in total. The van der Waals surface area contributed by atoms with Crippen LogP contribution in [0.15, 0.2) is 36.4 Å². The number of carboxylic acids is 1. The summed E-state index contributed by atoms with van der Waals surface area (Å²) in [5, 5.41) is 13.1. The summed E-state index contributed by atoms with van der Waals surface area (Å²) < 4.78 is 0. The smallest absolute Gasteiger partial charge is 0.320 e. The van der Waals surface area contributed by atoms with Gasteiger partial charge in [-0.1, -0.05) is 37.6 Å². The zero-order chi connectivity index (χ0) is 16.1. The topological polar surface area (TPSA) is 49.3 Å². The van der Waals surface area contributed by atoms with E-state index in [1.807, 2.05) is 50.2 Å². The monoisotopic (exact) mass is 337 g/mol. The predicted octanol–water partition coefficient (Wildman–Crippen LogP) is 4.66. The van der Waals surface area contributed by atoms with Gasteiger partial charge in [0.25, 0.3) is 0 Å². The van der Waals surface area contributed by atoms with Gasteiger partial charge in [0.05, 0.1) is 0 Å². The van der Waals surface area contributed by atoms with Crippen molar-refractivity contribution in [3.63, 3.8) is 0 Å². The Bertz CT molecular complexity index is 639. The molecular weight excluding hydrogens is 318 g/mol. The van der Waals surface area contributed by atoms with E-state index < -0.39 is 12.0 Å². The second-order valence-electron chi connectivity index (χ2n) is 5.68. The molecule has 0 amide bonds. The first-order valence-electron chi connectivity index (χ1n) is 7.26. The highest BCUT2D eigenvalue weighted by atomic mass is 35.5. The van der Waals surface area contributed by atoms with E-state index in [1.54, 1.807) is 11.3 Å². The minimum absolute atomic E-state index is 0.346. The number of nitrogens with one attached hydrogen (secondary N) is 1. The van der Waals surface area contributed by atoms with E-state index in [4.69, 9.17) is 11.6 Å². The molecule has 1 heterocycles. The average molecular weight is 338 g/mol. The van der Waals surface area contributed by atoms with Gasteiger partial charge in [0, 0.05) is 21.3 Å². The molecule has 0 saturated heterocycles. The Morgan fingerprint density at radius 3 is 2.73 bits per heavy atom. The van der Waals surface area contributed by atoms with E-state index in [0.29, 0.717) is 23.9 Å². The van der Waals surface area contributed by atoms with Crippen molar-refractivity contribution in [2.75, 3.05) is 0 Å². The maximum absolute atomic E-state index is 11.2. The first-order valence-corrected chi connectivity index (χ1v) is 8.46. The molecule has 1 unspecified atom stereocenters. The number of carbonyl (C=O) groups is 1. The van der Waals surface area contributed by atoms with Gasteiger partial charge in [-0.3, -0.25) is 10.1 Å². The number of benzene rings is 1. The Morgan fingerprint density at radius 1 is 1.32 bits per heavy atom. The predicted molar refractivity (Wildman–Crippen MR) is 92.5 cm³/mol. The molecule has 1 aromatic heterocycles. The first-order chi connectivity index (χ1) is 10.5. The van der Waals surface area contributed by atoms with Crippen molar-refractivity contribution in [2.45, 2.75) is 32.9 Å². The van der Waals surface area contributed by atoms with Crippen LogP contribution < -0.4 is 5.32 Å². The van der Waals surface area contributed by atoms with Crippen LogP contribution in [-0.4, -0.2) is 17.1 Å². The molecule has 0 bridgehead atoms. The fourth-order valence-corrected chi connectivity index (χ4v) is 3.38. The quantitative estimate of drug-likeness (QED) is 0.772. The van der Waals surface area contributed by atoms with Gasteiger partial charge in [0.2, 0.25) is 0 Å². The maximum Gasteiger partial charge on any atom is 0.320 e. The van der Waals surface area contributed by atoms with Crippen molar-refractivity contribution in [2.24, 2.45) is 5.92 Å². The minimum atomic E-state index is -0.791. The van der Waals surface area contributed by atoms with Crippen LogP contribution in [0.1, 0.15) is 25.1 Å². The molecule has 5 heteroatoms. The van der Waals surface area contributed by atoms with Gasteiger partial charge >= 0.3 is 5.97 Å². The minimum Gasteiger partial charge on any atom is -0.480 e. The van der Waals surface area contributed by atoms with Gasteiger partial charge < -0.3 is 5.11 Å². The zero-order valence-corrected chi connectivity index (χ0v) is 14.2. The molecule has 1 aromatic carbocycles. The van der Waals surface area contributed by atoms with Crippen LogP contribution in [0.2, 0.25) is 5.02 Å². The summed E-state index contributed by atoms with van der Waals surface area (Å²) in [5.41, 5.74) is 1.08. The zero-order valence-electron chi connectivity index (χ0n) is 12.7. The number of thiophene rings is 1. The number of rotatable bonds is 7. The SMILES string of the molecule is CC(C)CC(NCc1ccc(-c2cccc(Cl)c2)s1)C(=O)O. The van der Waals surface area contributed by atoms with Crippen molar-refractivity contribution in [3.8, 4) is 10.4 Å². The van der Waals surface area contributed by atoms with E-state index in [2.05, 4.69) is 5.32 Å². The summed E-state index contributed by atoms with van der Waals surface area (Å²) in [5.74, 6) is -0.445. The molecule has 0 aliphatic heterocycles. The molecule has 0 radical (unpaired) electrons. The van der Waals surface area contributed by atoms with Crippen LogP contribution in [0.3, 0.4) is 0 Å². The highest BCUT2D eigenvalue weighted by molar-refractivity contribution is 7.15. The summed E-state index contributed by atoms with van der Waals surface area (Å²) in [6.07, 6.45) is 0.627. The second kappa shape index (κ2) is 7.77. The summed E-state index contributed by atoms with van der Waals surface area (Å²) in [7, 11) is 0. The Morgan fingerprint density at radius 2 is 2.09 bits per heavy atom. The van der Waals surface area contributed by atoms with E-state index >= 15 is 0 Å². The number of halogens is 1. The van der Waals surface area contributed by atoms with E-state index in [1.165, 1.54) is 0 Å². The molecule has 3 nitrogen and oxygen atoms in total. The van der Waals surface area contributed by atoms with Crippen molar-refractivity contribution < 1.29 is 9.90 Å². The molecule has 118 valence electrons. The number of hydrogen-bond donors (Lipinski definition) is 2. The van der Waals surface area contributed by atoms with Gasteiger partial charge in [-0.25, -0.2) is 0 Å². The second-order valence-corrected chi connectivity index (χ2v) is 7.28. The lowest BCUT2D eigenvalue weighted by Gasteiger charge is -2.15. The number of carboxylic acid groups (broad SMARTS) is 1. The van der Waals surface area contributed by atoms with Crippen molar-refractivity contribution in [3.05, 3.63) is 46.3 Å². The molecule has 1 atom stereocenters. The first kappa shape index (κ1) is 17.0. The third-order valence-corrected chi connectivity index (χ3v) is 4.67. The molecule has 0 fully saturated rings. The molecule has 22 heavy (non-hydrogen) atoms. The van der Waals surface area contributed by atoms with E-state index in [0.717, 1.165) is 15.3 Å². The fraction of sp³-hybridized carbons (Fsp3) is 0.353. The lowest BCUT2D eigenvalue weighted by atomic mass is 10.0. The lowest BCUT2D eigenvalue weighted by Crippen LogP contribution is -2.37. The van der Waals surface area contributed by atoms with E-state index in [-0.39, 0.29) is 0 Å². The van der Waals surface area contributed by atoms with Gasteiger partial charge in [-0.15, -0.1) is 11.3 Å². The van der Waals surface area contributed by atoms with Crippen LogP contribution in [0.25, 0.3) is 10.4 Å². The van der Waals surface area contributed by atoms with Crippen LogP contribution in [0.5, 0.6) is 0 Å². The average Bonchev–Trinajstić information content (AvgIpc) is 2.91. The third kappa shape index (κ3) is 4.83. The highest BCUT2D eigenvalue weighted by Crippen LogP contribution is 2.29. The summed E-state index contributed by atoms with van der Waals surface area (Å²) in [4.78, 5) is 13.5. The molecule has 2 aromatic rings. The van der Waals surface area contributed by atoms with Crippen molar-refractivity contribution in [1.82, 2.24) is 5.32 Å². The van der Waals surface area contributed by atoms with Crippen LogP contribution in [0.4, 0.5) is 0 Å². The van der Waals surface area contributed by atoms with Crippen molar-refractivity contribution in [1.29, 1.82) is 0 Å². The summed E-state index contributed by atoms with van der Waals surface area (Å²) in [6.45, 7) is 4.62. The molecule has 0 spiro atoms.